The van der Waals surface area contributed by atoms with Crippen LogP contribution < -0.4 is 15.4 Å². The van der Waals surface area contributed by atoms with Crippen LogP contribution in [0, 0.1) is 0 Å². The van der Waals surface area contributed by atoms with Crippen molar-refractivity contribution >= 4 is 23.1 Å². The molecule has 0 radical (unpaired) electrons. The maximum atomic E-state index is 12.0. The summed E-state index contributed by atoms with van der Waals surface area (Å²) in [4.78, 5) is 12.0. The van der Waals surface area contributed by atoms with Crippen molar-refractivity contribution in [2.75, 3.05) is 0 Å². The highest BCUT2D eigenvalue weighted by molar-refractivity contribution is 7.80. The quantitative estimate of drug-likeness (QED) is 0.805. The molecule has 0 spiro atoms. The molecule has 2 aromatic carbocycles. The SMILES string of the molecule is CC(=O)C1=C(C)NC(=S)NC1c1ccc(OCc2ccccc2)cc1. The Kier molecular flexibility index (Phi) is 5.14. The number of benzene rings is 2. The highest BCUT2D eigenvalue weighted by Gasteiger charge is 2.27. The molecule has 4 nitrogen and oxygen atoms in total. The predicted octanol–water partition coefficient (Wildman–Crippen LogP) is 3.65. The van der Waals surface area contributed by atoms with E-state index in [9.17, 15) is 4.79 Å². The molecule has 128 valence electrons. The monoisotopic (exact) mass is 352 g/mol. The molecule has 1 atom stereocenters. The minimum absolute atomic E-state index is 0.0226. The van der Waals surface area contributed by atoms with Gasteiger partial charge in [0.05, 0.1) is 6.04 Å². The second-order valence-electron chi connectivity index (χ2n) is 5.97. The van der Waals surface area contributed by atoms with Crippen molar-refractivity contribution < 1.29 is 9.53 Å². The summed E-state index contributed by atoms with van der Waals surface area (Å²) < 4.78 is 5.81. The van der Waals surface area contributed by atoms with Crippen LogP contribution in [0.15, 0.2) is 65.9 Å². The van der Waals surface area contributed by atoms with Crippen molar-refractivity contribution in [1.29, 1.82) is 0 Å². The van der Waals surface area contributed by atoms with Gasteiger partial charge in [0.2, 0.25) is 0 Å². The third-order valence-corrected chi connectivity index (χ3v) is 4.33. The molecule has 1 unspecified atom stereocenters. The summed E-state index contributed by atoms with van der Waals surface area (Å²) in [5, 5.41) is 6.71. The molecule has 0 fully saturated rings. The molecule has 0 saturated carbocycles. The van der Waals surface area contributed by atoms with E-state index in [-0.39, 0.29) is 11.8 Å². The Hall–Kier alpha value is -2.66. The fraction of sp³-hybridized carbons (Fsp3) is 0.200. The molecule has 2 N–H and O–H groups in total. The summed E-state index contributed by atoms with van der Waals surface area (Å²) in [5.74, 6) is 0.809. The number of allylic oxidation sites excluding steroid dienone is 1. The smallest absolute Gasteiger partial charge is 0.171 e. The summed E-state index contributed by atoms with van der Waals surface area (Å²) in [6.07, 6.45) is 0. The van der Waals surface area contributed by atoms with Crippen molar-refractivity contribution in [2.24, 2.45) is 0 Å². The lowest BCUT2D eigenvalue weighted by atomic mass is 9.93. The van der Waals surface area contributed by atoms with Gasteiger partial charge in [-0.3, -0.25) is 4.79 Å². The van der Waals surface area contributed by atoms with E-state index in [1.165, 1.54) is 0 Å². The van der Waals surface area contributed by atoms with E-state index in [4.69, 9.17) is 17.0 Å². The number of Topliss-reactive ketones (excluding diaryl/α,β-unsaturated/α-hetero) is 1. The standard InChI is InChI=1S/C20H20N2O2S/c1-13-18(14(2)23)19(22-20(25)21-13)16-8-10-17(11-9-16)24-12-15-6-4-3-5-7-15/h3-11,19H,12H2,1-2H3,(H2,21,22,25). The summed E-state index contributed by atoms with van der Waals surface area (Å²) in [7, 11) is 0. The first kappa shape index (κ1) is 17.2. The van der Waals surface area contributed by atoms with Gasteiger partial charge in [-0.05, 0) is 49.3 Å². The van der Waals surface area contributed by atoms with Crippen LogP contribution in [0.5, 0.6) is 5.75 Å². The van der Waals surface area contributed by atoms with Gasteiger partial charge < -0.3 is 15.4 Å². The van der Waals surface area contributed by atoms with E-state index in [1.54, 1.807) is 6.92 Å². The predicted molar refractivity (Wildman–Crippen MR) is 102 cm³/mol. The summed E-state index contributed by atoms with van der Waals surface area (Å²) >= 11 is 5.23. The third kappa shape index (κ3) is 4.06. The molecule has 0 aromatic heterocycles. The zero-order valence-corrected chi connectivity index (χ0v) is 15.0. The van der Waals surface area contributed by atoms with Crippen LogP contribution in [0.4, 0.5) is 0 Å². The number of ketones is 1. The van der Waals surface area contributed by atoms with Crippen LogP contribution in [0.25, 0.3) is 0 Å². The highest BCUT2D eigenvalue weighted by Crippen LogP contribution is 2.28. The summed E-state index contributed by atoms with van der Waals surface area (Å²) in [6.45, 7) is 3.96. The number of thiocarbonyl (C=S) groups is 1. The number of rotatable bonds is 5. The first-order chi connectivity index (χ1) is 12.0. The Morgan fingerprint density at radius 1 is 1.12 bits per heavy atom. The molecule has 1 aliphatic rings. The van der Waals surface area contributed by atoms with Gasteiger partial charge in [-0.25, -0.2) is 0 Å². The van der Waals surface area contributed by atoms with Gasteiger partial charge in [0.1, 0.15) is 12.4 Å². The zero-order valence-electron chi connectivity index (χ0n) is 14.2. The molecule has 5 heteroatoms. The van der Waals surface area contributed by atoms with Crippen molar-refractivity contribution in [3.05, 3.63) is 77.0 Å². The minimum Gasteiger partial charge on any atom is -0.489 e. The van der Waals surface area contributed by atoms with Gasteiger partial charge in [-0.15, -0.1) is 0 Å². The van der Waals surface area contributed by atoms with E-state index >= 15 is 0 Å². The molecule has 0 bridgehead atoms. The molecule has 1 aliphatic heterocycles. The number of nitrogens with one attached hydrogen (secondary N) is 2. The summed E-state index contributed by atoms with van der Waals surface area (Å²) in [6, 6.07) is 17.5. The first-order valence-electron chi connectivity index (χ1n) is 8.10. The highest BCUT2D eigenvalue weighted by atomic mass is 32.1. The molecule has 0 amide bonds. The second-order valence-corrected chi connectivity index (χ2v) is 6.38. The molecule has 0 aliphatic carbocycles. The van der Waals surface area contributed by atoms with E-state index in [1.807, 2.05) is 61.5 Å². The molecular weight excluding hydrogens is 332 g/mol. The topological polar surface area (TPSA) is 50.4 Å². The Morgan fingerprint density at radius 3 is 2.44 bits per heavy atom. The largest absolute Gasteiger partial charge is 0.489 e. The molecule has 1 heterocycles. The molecule has 3 rings (SSSR count). The van der Waals surface area contributed by atoms with E-state index in [0.29, 0.717) is 17.3 Å². The van der Waals surface area contributed by atoms with E-state index in [2.05, 4.69) is 10.6 Å². The van der Waals surface area contributed by atoms with Crippen molar-refractivity contribution in [3.63, 3.8) is 0 Å². The zero-order chi connectivity index (χ0) is 17.8. The fourth-order valence-corrected chi connectivity index (χ4v) is 3.18. The Labute approximate surface area is 152 Å². The second kappa shape index (κ2) is 7.49. The van der Waals surface area contributed by atoms with Gasteiger partial charge in [-0.1, -0.05) is 42.5 Å². The lowest BCUT2D eigenvalue weighted by Crippen LogP contribution is -2.44. The molecule has 25 heavy (non-hydrogen) atoms. The van der Waals surface area contributed by atoms with Crippen LogP contribution in [-0.2, 0) is 11.4 Å². The van der Waals surface area contributed by atoms with E-state index in [0.717, 1.165) is 22.6 Å². The number of hydrogen-bond acceptors (Lipinski definition) is 3. The lowest BCUT2D eigenvalue weighted by molar-refractivity contribution is -0.114. The number of hydrogen-bond donors (Lipinski definition) is 2. The molecule has 2 aromatic rings. The molecule has 0 saturated heterocycles. The Balaban J connectivity index is 1.76. The average Bonchev–Trinajstić information content (AvgIpc) is 2.60. The van der Waals surface area contributed by atoms with E-state index < -0.39 is 0 Å². The minimum atomic E-state index is -0.241. The van der Waals surface area contributed by atoms with Crippen molar-refractivity contribution in [3.8, 4) is 5.75 Å². The van der Waals surface area contributed by atoms with Crippen molar-refractivity contribution in [1.82, 2.24) is 10.6 Å². The van der Waals surface area contributed by atoms with Gasteiger partial charge in [0, 0.05) is 11.3 Å². The summed E-state index contributed by atoms with van der Waals surface area (Å²) in [5.41, 5.74) is 3.59. The van der Waals surface area contributed by atoms with Crippen LogP contribution in [0.3, 0.4) is 0 Å². The van der Waals surface area contributed by atoms with Crippen molar-refractivity contribution in [2.45, 2.75) is 26.5 Å². The van der Waals surface area contributed by atoms with Crippen LogP contribution in [0.1, 0.15) is 31.0 Å². The van der Waals surface area contributed by atoms with Gasteiger partial charge >= 0.3 is 0 Å². The third-order valence-electron chi connectivity index (χ3n) is 4.11. The molecular formula is C20H20N2O2S. The lowest BCUT2D eigenvalue weighted by Gasteiger charge is -2.29. The van der Waals surface area contributed by atoms with Crippen LogP contribution in [-0.4, -0.2) is 10.9 Å². The first-order valence-corrected chi connectivity index (χ1v) is 8.51. The fourth-order valence-electron chi connectivity index (χ4n) is 2.91. The number of ether oxygens (including phenoxy) is 1. The normalized spacial score (nSPS) is 16.9. The van der Waals surface area contributed by atoms with Gasteiger partial charge in [0.25, 0.3) is 0 Å². The van der Waals surface area contributed by atoms with Crippen LogP contribution in [0.2, 0.25) is 0 Å². The van der Waals surface area contributed by atoms with Crippen LogP contribution >= 0.6 is 12.2 Å². The number of carbonyl (C=O) groups is 1. The average molecular weight is 352 g/mol. The van der Waals surface area contributed by atoms with Gasteiger partial charge in [0.15, 0.2) is 10.9 Å². The maximum absolute atomic E-state index is 12.0. The maximum Gasteiger partial charge on any atom is 0.171 e. The number of carbonyl (C=O) groups excluding carboxylic acids is 1. The van der Waals surface area contributed by atoms with Gasteiger partial charge in [-0.2, -0.15) is 0 Å². The Morgan fingerprint density at radius 2 is 1.80 bits per heavy atom. The Bertz CT molecular complexity index is 813.